The van der Waals surface area contributed by atoms with Crippen molar-refractivity contribution >= 4 is 48.7 Å². The zero-order chi connectivity index (χ0) is 62.4. The van der Waals surface area contributed by atoms with Gasteiger partial charge in [0.15, 0.2) is 0 Å². The molecule has 16 aliphatic rings. The zero-order valence-electron chi connectivity index (χ0n) is 53.3. The minimum atomic E-state index is -0.953. The molecule has 0 aliphatic heterocycles. The number of halogens is 2. The molecule has 6 aromatic carbocycles. The van der Waals surface area contributed by atoms with E-state index in [1.54, 1.807) is 97.1 Å². The molecule has 0 aromatic heterocycles. The van der Waals surface area contributed by atoms with Gasteiger partial charge in [-0.2, -0.15) is 0 Å². The van der Waals surface area contributed by atoms with Crippen LogP contribution in [0.1, 0.15) is 218 Å². The number of aromatic carboxylic acids is 4. The van der Waals surface area contributed by atoms with Gasteiger partial charge in [-0.25, -0.2) is 19.2 Å². The zero-order valence-corrected chi connectivity index (χ0v) is 55.0. The van der Waals surface area contributed by atoms with E-state index in [4.69, 9.17) is 18.9 Å². The second-order valence-corrected chi connectivity index (χ2v) is 32.2. The fourth-order valence-electron chi connectivity index (χ4n) is 24.1. The second-order valence-electron chi connectivity index (χ2n) is 32.2. The quantitative estimate of drug-likeness (QED) is 0.0720. The van der Waals surface area contributed by atoms with Gasteiger partial charge in [0.05, 0.1) is 22.3 Å². The summed E-state index contributed by atoms with van der Waals surface area (Å²) >= 11 is 0. The number of carbonyl (C=O) groups is 4. The Morgan fingerprint density at radius 1 is 0.255 bits per heavy atom. The van der Waals surface area contributed by atoms with Crippen LogP contribution in [0, 0.1) is 71.0 Å². The van der Waals surface area contributed by atoms with Gasteiger partial charge in [0.1, 0.15) is 46.0 Å². The van der Waals surface area contributed by atoms with Crippen LogP contribution in [-0.2, 0) is 21.7 Å². The minimum absolute atomic E-state index is 0. The number of hydrogen-bond donors (Lipinski definition) is 4. The number of carboxylic acid groups (broad SMARTS) is 4. The summed E-state index contributed by atoms with van der Waals surface area (Å²) in [6.07, 6.45) is 30.9. The minimum Gasteiger partial charge on any atom is -0.478 e. The van der Waals surface area contributed by atoms with Crippen LogP contribution in [0.15, 0.2) is 121 Å². The molecule has 16 aliphatic carbocycles. The van der Waals surface area contributed by atoms with Gasteiger partial charge in [0, 0.05) is 34.4 Å². The van der Waals surface area contributed by atoms with Crippen LogP contribution in [0.4, 0.5) is 0 Å². The highest BCUT2D eigenvalue weighted by Crippen LogP contribution is 2.69. The summed E-state index contributed by atoms with van der Waals surface area (Å²) in [4.78, 5) is 46.3. The van der Waals surface area contributed by atoms with Crippen molar-refractivity contribution in [1.82, 2.24) is 0 Å². The average molecular weight is 1310 g/mol. The molecule has 14 heteroatoms. The summed E-state index contributed by atoms with van der Waals surface area (Å²) in [6, 6.07) is 36.2. The van der Waals surface area contributed by atoms with E-state index >= 15 is 0 Å². The van der Waals surface area contributed by atoms with E-state index in [0.29, 0.717) is 23.0 Å². The molecule has 0 heterocycles. The van der Waals surface area contributed by atoms with Crippen LogP contribution in [0.5, 0.6) is 46.0 Å². The van der Waals surface area contributed by atoms with Crippen LogP contribution < -0.4 is 18.9 Å². The Kier molecular flexibility index (Phi) is 16.1. The van der Waals surface area contributed by atoms with Crippen LogP contribution >= 0.6 is 24.8 Å². The maximum Gasteiger partial charge on any atom is 0.335 e. The van der Waals surface area contributed by atoms with Gasteiger partial charge in [0.25, 0.3) is 0 Å². The molecule has 16 fully saturated rings. The third kappa shape index (κ3) is 11.4. The van der Waals surface area contributed by atoms with Crippen molar-refractivity contribution in [3.8, 4) is 46.0 Å². The smallest absolute Gasteiger partial charge is 0.335 e. The summed E-state index contributed by atoms with van der Waals surface area (Å²) in [6.45, 7) is 0. The van der Waals surface area contributed by atoms with Crippen molar-refractivity contribution in [2.45, 2.75) is 176 Å². The lowest BCUT2D eigenvalue weighted by molar-refractivity contribution is -0.00966. The molecule has 0 unspecified atom stereocenters. The Bertz CT molecular complexity index is 3290. The summed E-state index contributed by atoms with van der Waals surface area (Å²) < 4.78 is 27.1. The van der Waals surface area contributed by atoms with Crippen molar-refractivity contribution in [2.75, 3.05) is 0 Å². The standard InChI is InChI=1S/2C40H42O6.2ClH/c2*41-37(42)29-1-5-31(6-2-29)45-35-16-36(46-32-7-3-30(4-8-32)38(43)44)34(40-20-26-12-27(21-40)14-28(13-26)22-40)15-33(35)39-17-23-9-24(18-39)11-25(10-23)19-39;;/h2*1-8,15-16,23-28H,9-14,17-22H2,(H,41,42)(H,43,44);2*1H. The Morgan fingerprint density at radius 2 is 0.404 bits per heavy atom. The molecule has 16 bridgehead atoms. The molecule has 94 heavy (non-hydrogen) atoms. The number of carboxylic acids is 4. The monoisotopic (exact) mass is 1310 g/mol. The van der Waals surface area contributed by atoms with Crippen molar-refractivity contribution < 1.29 is 58.6 Å². The lowest BCUT2D eigenvalue weighted by Gasteiger charge is -2.58. The Hall–Kier alpha value is -7.02. The van der Waals surface area contributed by atoms with Crippen molar-refractivity contribution in [3.05, 3.63) is 166 Å². The van der Waals surface area contributed by atoms with Gasteiger partial charge in [-0.1, -0.05) is 0 Å². The molecule has 0 spiro atoms. The first kappa shape index (κ1) is 63.1. The third-order valence-electron chi connectivity index (χ3n) is 25.9. The van der Waals surface area contributed by atoms with E-state index in [9.17, 15) is 39.6 Å². The van der Waals surface area contributed by atoms with Crippen LogP contribution in [-0.4, -0.2) is 44.3 Å². The molecule has 0 amide bonds. The van der Waals surface area contributed by atoms with Crippen LogP contribution in [0.2, 0.25) is 0 Å². The highest BCUT2D eigenvalue weighted by atomic mass is 35.5. The molecule has 6 aromatic rings. The first-order chi connectivity index (χ1) is 44.4. The summed E-state index contributed by atoms with van der Waals surface area (Å²) in [5.74, 6) is 11.3. The lowest BCUT2D eigenvalue weighted by atomic mass is 9.46. The van der Waals surface area contributed by atoms with E-state index in [-0.39, 0.29) is 68.7 Å². The lowest BCUT2D eigenvalue weighted by Crippen LogP contribution is -2.50. The van der Waals surface area contributed by atoms with Crippen LogP contribution in [0.3, 0.4) is 0 Å². The Labute approximate surface area is 562 Å². The van der Waals surface area contributed by atoms with Crippen molar-refractivity contribution in [3.63, 3.8) is 0 Å². The number of rotatable bonds is 16. The largest absolute Gasteiger partial charge is 0.478 e. The third-order valence-corrected chi connectivity index (χ3v) is 25.9. The first-order valence-corrected chi connectivity index (χ1v) is 34.9. The molecule has 0 radical (unpaired) electrons. The van der Waals surface area contributed by atoms with Crippen molar-refractivity contribution in [2.24, 2.45) is 71.0 Å². The maximum atomic E-state index is 11.6. The van der Waals surface area contributed by atoms with E-state index in [1.165, 1.54) is 176 Å². The topological polar surface area (TPSA) is 186 Å². The predicted octanol–water partition coefficient (Wildman–Crippen LogP) is 20.1. The summed E-state index contributed by atoms with van der Waals surface area (Å²) in [7, 11) is 0. The number of hydrogen-bond acceptors (Lipinski definition) is 8. The molecule has 0 atom stereocenters. The molecule has 22 rings (SSSR count). The van der Waals surface area contributed by atoms with Gasteiger partial charge in [-0.3, -0.25) is 0 Å². The molecular formula is C80H86Cl2O12. The molecule has 0 saturated heterocycles. The van der Waals surface area contributed by atoms with Crippen LogP contribution in [0.25, 0.3) is 0 Å². The normalized spacial score (nSPS) is 34.1. The molecular weight excluding hydrogens is 1220 g/mol. The van der Waals surface area contributed by atoms with Gasteiger partial charge in [-0.15, -0.1) is 24.8 Å². The highest BCUT2D eigenvalue weighted by molar-refractivity contribution is 5.89. The fourth-order valence-corrected chi connectivity index (χ4v) is 24.1. The van der Waals surface area contributed by atoms with Gasteiger partial charge >= 0.3 is 23.9 Å². The first-order valence-electron chi connectivity index (χ1n) is 34.9. The van der Waals surface area contributed by atoms with Gasteiger partial charge in [-0.05, 0) is 356 Å². The van der Waals surface area contributed by atoms with E-state index in [1.807, 2.05) is 0 Å². The highest BCUT2D eigenvalue weighted by Gasteiger charge is 2.58. The Morgan fingerprint density at radius 3 is 0.543 bits per heavy atom. The Balaban J connectivity index is 0.000000152. The molecule has 12 nitrogen and oxygen atoms in total. The molecule has 492 valence electrons. The van der Waals surface area contributed by atoms with Gasteiger partial charge in [0.2, 0.25) is 0 Å². The average Bonchev–Trinajstić information content (AvgIpc) is 0.722. The van der Waals surface area contributed by atoms with E-state index < -0.39 is 23.9 Å². The number of ether oxygens (including phenoxy) is 4. The molecule has 4 N–H and O–H groups in total. The number of benzene rings is 6. The predicted molar refractivity (Wildman–Crippen MR) is 361 cm³/mol. The molecule has 16 saturated carbocycles. The van der Waals surface area contributed by atoms with Gasteiger partial charge < -0.3 is 39.4 Å². The second kappa shape index (κ2) is 24.0. The van der Waals surface area contributed by atoms with E-state index in [2.05, 4.69) is 24.3 Å². The van der Waals surface area contributed by atoms with E-state index in [0.717, 1.165) is 94.0 Å². The SMILES string of the molecule is Cl.Cl.O=C(O)c1ccc(Oc2cc(Oc3ccc(C(=O)O)cc3)c(C34CC5CC(CC(C5)C3)C4)cc2C23CC4CC(CC(C4)C2)C3)cc1.O=C(O)c1ccc(Oc2cc(Oc3ccc(C(=O)O)cc3)c(C34CC5CC(CC(C5)C3)C4)cc2C23CC4CC(CC(C4)C2)C3)cc1. The maximum absolute atomic E-state index is 11.6. The summed E-state index contributed by atoms with van der Waals surface area (Å²) in [5.41, 5.74) is 6.60. The summed E-state index contributed by atoms with van der Waals surface area (Å²) in [5, 5.41) is 37.9. The fraction of sp³-hybridized carbons (Fsp3) is 0.500. The van der Waals surface area contributed by atoms with Crippen molar-refractivity contribution in [1.29, 1.82) is 0 Å².